The molecule has 0 saturated heterocycles. The smallest absolute Gasteiger partial charge is 0.125 e. The molecule has 0 fully saturated rings. The number of rotatable bonds is 5. The van der Waals surface area contributed by atoms with Crippen LogP contribution in [-0.4, -0.2) is 18.8 Å². The molecule has 0 radical (unpaired) electrons. The van der Waals surface area contributed by atoms with Crippen molar-refractivity contribution >= 4 is 15.9 Å². The van der Waals surface area contributed by atoms with Crippen LogP contribution in [-0.2, 0) is 0 Å². The summed E-state index contributed by atoms with van der Waals surface area (Å²) in [5, 5.41) is 10.6. The van der Waals surface area contributed by atoms with Crippen LogP contribution < -0.4 is 9.47 Å². The molecule has 0 saturated carbocycles. The Balaban J connectivity index is 2.35. The molecule has 2 aromatic rings. The normalized spacial score (nSPS) is 12.0. The second-order valence-corrected chi connectivity index (χ2v) is 5.12. The predicted molar refractivity (Wildman–Crippen MR) is 82.4 cm³/mol. The van der Waals surface area contributed by atoms with Crippen LogP contribution in [0.1, 0.15) is 24.2 Å². The zero-order valence-corrected chi connectivity index (χ0v) is 13.1. The maximum atomic E-state index is 10.6. The van der Waals surface area contributed by atoms with Crippen molar-refractivity contribution in [2.45, 2.75) is 13.0 Å². The van der Waals surface area contributed by atoms with Crippen LogP contribution in [0, 0.1) is 0 Å². The number of ether oxygens (including phenoxy) is 2. The molecule has 0 bridgehead atoms. The standard InChI is InChI=1S/C16H17BrO3/c1-3-20-11-8-9-12(14(17)10-11)16(18)13-6-4-5-7-15(13)19-2/h4-10,16,18H,3H2,1-2H3. The van der Waals surface area contributed by atoms with E-state index in [-0.39, 0.29) is 0 Å². The highest BCUT2D eigenvalue weighted by molar-refractivity contribution is 9.10. The molecule has 0 aromatic heterocycles. The Morgan fingerprint density at radius 3 is 2.55 bits per heavy atom. The van der Waals surface area contributed by atoms with Gasteiger partial charge >= 0.3 is 0 Å². The van der Waals surface area contributed by atoms with E-state index in [1.165, 1.54) is 0 Å². The van der Waals surface area contributed by atoms with Gasteiger partial charge < -0.3 is 14.6 Å². The maximum absolute atomic E-state index is 10.6. The van der Waals surface area contributed by atoms with Crippen molar-refractivity contribution in [2.24, 2.45) is 0 Å². The summed E-state index contributed by atoms with van der Waals surface area (Å²) in [6.07, 6.45) is -0.754. The van der Waals surface area contributed by atoms with E-state index in [0.29, 0.717) is 12.4 Å². The lowest BCUT2D eigenvalue weighted by atomic mass is 10.0. The summed E-state index contributed by atoms with van der Waals surface area (Å²) in [7, 11) is 1.60. The molecule has 2 rings (SSSR count). The van der Waals surface area contributed by atoms with Gasteiger partial charge in [-0.1, -0.05) is 40.2 Å². The van der Waals surface area contributed by atoms with E-state index in [2.05, 4.69) is 15.9 Å². The molecular formula is C16H17BrO3. The third kappa shape index (κ3) is 3.14. The molecule has 1 N–H and O–H groups in total. The minimum Gasteiger partial charge on any atom is -0.496 e. The highest BCUT2D eigenvalue weighted by Gasteiger charge is 2.17. The lowest BCUT2D eigenvalue weighted by Crippen LogP contribution is -2.03. The maximum Gasteiger partial charge on any atom is 0.125 e. The van der Waals surface area contributed by atoms with Crippen molar-refractivity contribution in [1.29, 1.82) is 0 Å². The van der Waals surface area contributed by atoms with Gasteiger partial charge in [-0.05, 0) is 30.7 Å². The van der Waals surface area contributed by atoms with Crippen LogP contribution >= 0.6 is 15.9 Å². The van der Waals surface area contributed by atoms with Crippen LogP contribution in [0.5, 0.6) is 11.5 Å². The molecule has 0 heterocycles. The Bertz CT molecular complexity index is 584. The minimum atomic E-state index is -0.754. The zero-order valence-electron chi connectivity index (χ0n) is 11.5. The molecular weight excluding hydrogens is 320 g/mol. The van der Waals surface area contributed by atoms with E-state index in [9.17, 15) is 5.11 Å². The molecule has 4 heteroatoms. The fraction of sp³-hybridized carbons (Fsp3) is 0.250. The van der Waals surface area contributed by atoms with Gasteiger partial charge in [-0.3, -0.25) is 0 Å². The highest BCUT2D eigenvalue weighted by atomic mass is 79.9. The number of hydrogen-bond donors (Lipinski definition) is 1. The Hall–Kier alpha value is -1.52. The fourth-order valence-electron chi connectivity index (χ4n) is 2.05. The van der Waals surface area contributed by atoms with Crippen molar-refractivity contribution < 1.29 is 14.6 Å². The summed E-state index contributed by atoms with van der Waals surface area (Å²) >= 11 is 3.48. The molecule has 3 nitrogen and oxygen atoms in total. The lowest BCUT2D eigenvalue weighted by molar-refractivity contribution is 0.214. The van der Waals surface area contributed by atoms with Crippen LogP contribution in [0.3, 0.4) is 0 Å². The summed E-state index contributed by atoms with van der Waals surface area (Å²) in [4.78, 5) is 0. The number of aliphatic hydroxyl groups is 1. The van der Waals surface area contributed by atoms with E-state index in [1.54, 1.807) is 7.11 Å². The minimum absolute atomic E-state index is 0.612. The second-order valence-electron chi connectivity index (χ2n) is 4.26. The van der Waals surface area contributed by atoms with Gasteiger partial charge in [-0.2, -0.15) is 0 Å². The van der Waals surface area contributed by atoms with Gasteiger partial charge in [0.1, 0.15) is 17.6 Å². The lowest BCUT2D eigenvalue weighted by Gasteiger charge is -2.17. The van der Waals surface area contributed by atoms with E-state index in [4.69, 9.17) is 9.47 Å². The van der Waals surface area contributed by atoms with Gasteiger partial charge in [0, 0.05) is 10.0 Å². The van der Waals surface area contributed by atoms with Crippen molar-refractivity contribution in [1.82, 2.24) is 0 Å². The van der Waals surface area contributed by atoms with Crippen molar-refractivity contribution in [2.75, 3.05) is 13.7 Å². The molecule has 0 aliphatic rings. The highest BCUT2D eigenvalue weighted by Crippen LogP contribution is 2.35. The van der Waals surface area contributed by atoms with Crippen LogP contribution in [0.2, 0.25) is 0 Å². The van der Waals surface area contributed by atoms with Crippen molar-refractivity contribution in [3.8, 4) is 11.5 Å². The molecule has 0 aliphatic heterocycles. The average molecular weight is 337 g/mol. The van der Waals surface area contributed by atoms with Crippen molar-refractivity contribution in [3.05, 3.63) is 58.1 Å². The van der Waals surface area contributed by atoms with E-state index >= 15 is 0 Å². The van der Waals surface area contributed by atoms with E-state index < -0.39 is 6.10 Å². The second kappa shape index (κ2) is 6.77. The van der Waals surface area contributed by atoms with Gasteiger partial charge in [0.05, 0.1) is 13.7 Å². The molecule has 1 unspecified atom stereocenters. The summed E-state index contributed by atoms with van der Waals surface area (Å²) in [5.74, 6) is 1.44. The number of halogens is 1. The topological polar surface area (TPSA) is 38.7 Å². The quantitative estimate of drug-likeness (QED) is 0.898. The SMILES string of the molecule is CCOc1ccc(C(O)c2ccccc2OC)c(Br)c1. The molecule has 106 valence electrons. The summed E-state index contributed by atoms with van der Waals surface area (Å²) in [6, 6.07) is 13.0. The first-order valence-electron chi connectivity index (χ1n) is 6.40. The Kier molecular flexibility index (Phi) is 5.04. The average Bonchev–Trinajstić information content (AvgIpc) is 2.47. The first kappa shape index (κ1) is 14.9. The third-order valence-corrected chi connectivity index (χ3v) is 3.70. The van der Waals surface area contributed by atoms with Crippen LogP contribution in [0.15, 0.2) is 46.9 Å². The number of para-hydroxylation sites is 1. The molecule has 2 aromatic carbocycles. The third-order valence-electron chi connectivity index (χ3n) is 3.01. The predicted octanol–water partition coefficient (Wildman–Crippen LogP) is 3.94. The summed E-state index contributed by atoms with van der Waals surface area (Å²) < 4.78 is 11.5. The first-order valence-corrected chi connectivity index (χ1v) is 7.20. The largest absolute Gasteiger partial charge is 0.496 e. The van der Waals surface area contributed by atoms with Gasteiger partial charge in [0.15, 0.2) is 0 Å². The van der Waals surface area contributed by atoms with E-state index in [0.717, 1.165) is 21.3 Å². The Morgan fingerprint density at radius 2 is 1.90 bits per heavy atom. The van der Waals surface area contributed by atoms with E-state index in [1.807, 2.05) is 49.4 Å². The fourth-order valence-corrected chi connectivity index (χ4v) is 2.62. The van der Waals surface area contributed by atoms with Crippen LogP contribution in [0.4, 0.5) is 0 Å². The number of methoxy groups -OCH3 is 1. The zero-order chi connectivity index (χ0) is 14.5. The molecule has 0 aliphatic carbocycles. The van der Waals surface area contributed by atoms with Gasteiger partial charge in [0.2, 0.25) is 0 Å². The molecule has 20 heavy (non-hydrogen) atoms. The molecule has 1 atom stereocenters. The number of aliphatic hydroxyl groups excluding tert-OH is 1. The summed E-state index contributed by atoms with van der Waals surface area (Å²) in [5.41, 5.74) is 1.51. The van der Waals surface area contributed by atoms with Gasteiger partial charge in [0.25, 0.3) is 0 Å². The molecule has 0 spiro atoms. The number of hydrogen-bond acceptors (Lipinski definition) is 3. The van der Waals surface area contributed by atoms with Gasteiger partial charge in [-0.25, -0.2) is 0 Å². The Labute approximate surface area is 127 Å². The first-order chi connectivity index (χ1) is 9.67. The number of benzene rings is 2. The van der Waals surface area contributed by atoms with Crippen molar-refractivity contribution in [3.63, 3.8) is 0 Å². The van der Waals surface area contributed by atoms with Crippen LogP contribution in [0.25, 0.3) is 0 Å². The summed E-state index contributed by atoms with van der Waals surface area (Å²) in [6.45, 7) is 2.55. The van der Waals surface area contributed by atoms with Gasteiger partial charge in [-0.15, -0.1) is 0 Å². The monoisotopic (exact) mass is 336 g/mol. The molecule has 0 amide bonds. The Morgan fingerprint density at radius 1 is 1.15 bits per heavy atom.